The Bertz CT molecular complexity index is 551. The first-order valence-corrected chi connectivity index (χ1v) is 5.37. The fourth-order valence-electron chi connectivity index (χ4n) is 1.33. The highest BCUT2D eigenvalue weighted by molar-refractivity contribution is 7.08. The molecule has 2 rings (SSSR count). The average Bonchev–Trinajstić information content (AvgIpc) is 2.83. The Kier molecular flexibility index (Phi) is 2.70. The molecule has 2 aromatic rings. The molecule has 2 heterocycles. The molecule has 5 nitrogen and oxygen atoms in total. The van der Waals surface area contributed by atoms with Gasteiger partial charge in [-0.25, -0.2) is 9.48 Å². The maximum Gasteiger partial charge on any atom is 0.354 e. The number of carbonyl (C=O) groups is 1. The number of rotatable bonds is 3. The van der Waals surface area contributed by atoms with E-state index in [4.69, 9.17) is 10.4 Å². The molecule has 80 valence electrons. The summed E-state index contributed by atoms with van der Waals surface area (Å²) < 4.78 is 1.19. The van der Waals surface area contributed by atoms with Crippen LogP contribution in [0.15, 0.2) is 22.9 Å². The lowest BCUT2D eigenvalue weighted by atomic mass is 10.2. The molecule has 0 unspecified atom stereocenters. The van der Waals surface area contributed by atoms with Crippen molar-refractivity contribution < 1.29 is 9.90 Å². The van der Waals surface area contributed by atoms with Gasteiger partial charge >= 0.3 is 5.97 Å². The Balaban J connectivity index is 2.47. The van der Waals surface area contributed by atoms with Crippen LogP contribution in [0.25, 0.3) is 11.3 Å². The molecular formula is C10H7N3O2S. The molecule has 0 aliphatic heterocycles. The predicted octanol–water partition coefficient (Wildman–Crippen LogP) is 1.83. The number of hydrogen-bond acceptors (Lipinski definition) is 4. The lowest BCUT2D eigenvalue weighted by Gasteiger charge is -1.95. The summed E-state index contributed by atoms with van der Waals surface area (Å²) in [6.07, 6.45) is 0. The van der Waals surface area contributed by atoms with Crippen LogP contribution in [0.3, 0.4) is 0 Å². The fraction of sp³-hybridized carbons (Fsp3) is 0.100. The SMILES string of the molecule is N#CCn1nc(-c2ccsc2)cc1C(=O)O. The van der Waals surface area contributed by atoms with E-state index in [-0.39, 0.29) is 12.2 Å². The third-order valence-corrected chi connectivity index (χ3v) is 2.72. The van der Waals surface area contributed by atoms with E-state index >= 15 is 0 Å². The van der Waals surface area contributed by atoms with E-state index in [0.29, 0.717) is 5.69 Å². The van der Waals surface area contributed by atoms with E-state index in [1.54, 1.807) is 0 Å². The summed E-state index contributed by atoms with van der Waals surface area (Å²) in [5, 5.41) is 25.4. The van der Waals surface area contributed by atoms with Crippen molar-refractivity contribution in [1.29, 1.82) is 5.26 Å². The van der Waals surface area contributed by atoms with Crippen molar-refractivity contribution in [3.63, 3.8) is 0 Å². The molecule has 0 aliphatic rings. The molecule has 0 radical (unpaired) electrons. The maximum atomic E-state index is 10.9. The number of aromatic carboxylic acids is 1. The quantitative estimate of drug-likeness (QED) is 0.877. The van der Waals surface area contributed by atoms with E-state index in [1.807, 2.05) is 22.9 Å². The lowest BCUT2D eigenvalue weighted by molar-refractivity contribution is 0.0684. The van der Waals surface area contributed by atoms with Gasteiger partial charge in [0.25, 0.3) is 0 Å². The minimum absolute atomic E-state index is 0.0303. The van der Waals surface area contributed by atoms with Gasteiger partial charge in [0.2, 0.25) is 0 Å². The Morgan fingerprint density at radius 3 is 3.06 bits per heavy atom. The highest BCUT2D eigenvalue weighted by Gasteiger charge is 2.14. The lowest BCUT2D eigenvalue weighted by Crippen LogP contribution is -2.08. The Labute approximate surface area is 95.2 Å². The number of hydrogen-bond donors (Lipinski definition) is 1. The van der Waals surface area contributed by atoms with Crippen LogP contribution in [0.2, 0.25) is 0 Å². The summed E-state index contributed by atoms with van der Waals surface area (Å²) >= 11 is 1.51. The molecule has 0 atom stereocenters. The van der Waals surface area contributed by atoms with Crippen molar-refractivity contribution in [2.45, 2.75) is 6.54 Å². The molecular weight excluding hydrogens is 226 g/mol. The minimum Gasteiger partial charge on any atom is -0.477 e. The molecule has 0 saturated heterocycles. The molecule has 0 spiro atoms. The second kappa shape index (κ2) is 4.16. The summed E-state index contributed by atoms with van der Waals surface area (Å²) in [5.74, 6) is -1.08. The van der Waals surface area contributed by atoms with Gasteiger partial charge in [0, 0.05) is 10.9 Å². The van der Waals surface area contributed by atoms with E-state index < -0.39 is 5.97 Å². The second-order valence-corrected chi connectivity index (χ2v) is 3.83. The zero-order chi connectivity index (χ0) is 11.5. The Morgan fingerprint density at radius 1 is 1.69 bits per heavy atom. The van der Waals surface area contributed by atoms with E-state index in [9.17, 15) is 4.79 Å². The number of carboxylic acids is 1. The van der Waals surface area contributed by atoms with Gasteiger partial charge in [0.05, 0.1) is 11.8 Å². The molecule has 16 heavy (non-hydrogen) atoms. The summed E-state index contributed by atoms with van der Waals surface area (Å²) in [6.45, 7) is -0.0637. The number of carboxylic acid groups (broad SMARTS) is 1. The first kappa shape index (κ1) is 10.4. The molecule has 6 heteroatoms. The van der Waals surface area contributed by atoms with Crippen LogP contribution in [-0.4, -0.2) is 20.9 Å². The van der Waals surface area contributed by atoms with Crippen LogP contribution < -0.4 is 0 Å². The number of aromatic nitrogens is 2. The third-order valence-electron chi connectivity index (χ3n) is 2.04. The minimum atomic E-state index is -1.08. The third kappa shape index (κ3) is 1.81. The number of nitrogens with zero attached hydrogens (tertiary/aromatic N) is 3. The topological polar surface area (TPSA) is 78.9 Å². The normalized spacial score (nSPS) is 9.94. The van der Waals surface area contributed by atoms with Crippen LogP contribution in [0.4, 0.5) is 0 Å². The average molecular weight is 233 g/mol. The maximum absolute atomic E-state index is 10.9. The molecule has 0 saturated carbocycles. The van der Waals surface area contributed by atoms with Crippen molar-refractivity contribution in [1.82, 2.24) is 9.78 Å². The van der Waals surface area contributed by atoms with Gasteiger partial charge in [0.1, 0.15) is 12.2 Å². The van der Waals surface area contributed by atoms with Gasteiger partial charge in [-0.2, -0.15) is 21.7 Å². The van der Waals surface area contributed by atoms with Gasteiger partial charge in [-0.15, -0.1) is 0 Å². The first-order chi connectivity index (χ1) is 7.72. The van der Waals surface area contributed by atoms with Crippen LogP contribution in [-0.2, 0) is 6.54 Å². The molecule has 0 amide bonds. The van der Waals surface area contributed by atoms with E-state index in [2.05, 4.69) is 5.10 Å². The smallest absolute Gasteiger partial charge is 0.354 e. The van der Waals surface area contributed by atoms with Gasteiger partial charge in [-0.3, -0.25) is 0 Å². The second-order valence-electron chi connectivity index (χ2n) is 3.05. The summed E-state index contributed by atoms with van der Waals surface area (Å²) in [5.41, 5.74) is 1.47. The van der Waals surface area contributed by atoms with Gasteiger partial charge < -0.3 is 5.11 Å². The summed E-state index contributed by atoms with van der Waals surface area (Å²) in [7, 11) is 0. The number of nitriles is 1. The van der Waals surface area contributed by atoms with Gasteiger partial charge in [-0.1, -0.05) is 0 Å². The van der Waals surface area contributed by atoms with Crippen molar-refractivity contribution in [2.24, 2.45) is 0 Å². The fourth-order valence-corrected chi connectivity index (χ4v) is 1.98. The molecule has 1 N–H and O–H groups in total. The van der Waals surface area contributed by atoms with Crippen LogP contribution in [0, 0.1) is 11.3 Å². The molecule has 0 aromatic carbocycles. The summed E-state index contributed by atoms with van der Waals surface area (Å²) in [6, 6.07) is 5.21. The largest absolute Gasteiger partial charge is 0.477 e. The van der Waals surface area contributed by atoms with Crippen molar-refractivity contribution in [2.75, 3.05) is 0 Å². The van der Waals surface area contributed by atoms with E-state index in [0.717, 1.165) is 5.56 Å². The molecule has 2 aromatic heterocycles. The van der Waals surface area contributed by atoms with Gasteiger partial charge in [0.15, 0.2) is 0 Å². The van der Waals surface area contributed by atoms with Gasteiger partial charge in [-0.05, 0) is 17.5 Å². The van der Waals surface area contributed by atoms with Crippen molar-refractivity contribution >= 4 is 17.3 Å². The molecule has 0 aliphatic carbocycles. The monoisotopic (exact) mass is 233 g/mol. The zero-order valence-corrected chi connectivity index (χ0v) is 8.94. The Hall–Kier alpha value is -2.13. The molecule has 0 fully saturated rings. The van der Waals surface area contributed by atoms with Crippen molar-refractivity contribution in [3.05, 3.63) is 28.6 Å². The first-order valence-electron chi connectivity index (χ1n) is 4.43. The zero-order valence-electron chi connectivity index (χ0n) is 8.12. The summed E-state index contributed by atoms with van der Waals surface area (Å²) in [4.78, 5) is 10.9. The van der Waals surface area contributed by atoms with Crippen LogP contribution in [0.1, 0.15) is 10.5 Å². The van der Waals surface area contributed by atoms with Crippen LogP contribution in [0.5, 0.6) is 0 Å². The standard InChI is InChI=1S/C10H7N3O2S/c11-2-3-13-9(10(14)15)5-8(12-13)7-1-4-16-6-7/h1,4-6H,3H2,(H,14,15). The molecule has 0 bridgehead atoms. The van der Waals surface area contributed by atoms with Crippen LogP contribution >= 0.6 is 11.3 Å². The number of thiophene rings is 1. The Morgan fingerprint density at radius 2 is 2.50 bits per heavy atom. The highest BCUT2D eigenvalue weighted by atomic mass is 32.1. The van der Waals surface area contributed by atoms with Crippen molar-refractivity contribution in [3.8, 4) is 17.3 Å². The van der Waals surface area contributed by atoms with E-state index in [1.165, 1.54) is 22.1 Å². The highest BCUT2D eigenvalue weighted by Crippen LogP contribution is 2.21. The predicted molar refractivity (Wildman–Crippen MR) is 58.1 cm³/mol.